The number of anilines is 1. The smallest absolute Gasteiger partial charge is 0.251 e. The van der Waals surface area contributed by atoms with Crippen molar-refractivity contribution in [2.75, 3.05) is 24.5 Å². The summed E-state index contributed by atoms with van der Waals surface area (Å²) in [4.78, 5) is 40.8. The van der Waals surface area contributed by atoms with Gasteiger partial charge in [-0.15, -0.1) is 0 Å². The van der Waals surface area contributed by atoms with E-state index in [4.69, 9.17) is 0 Å². The van der Waals surface area contributed by atoms with Gasteiger partial charge in [-0.3, -0.25) is 14.4 Å². The average Bonchev–Trinajstić information content (AvgIpc) is 3.43. The zero-order valence-corrected chi connectivity index (χ0v) is 15.7. The van der Waals surface area contributed by atoms with E-state index in [1.807, 2.05) is 17.0 Å². The number of nitrogens with one attached hydrogen (secondary N) is 1. The summed E-state index contributed by atoms with van der Waals surface area (Å²) >= 11 is 0. The highest BCUT2D eigenvalue weighted by Crippen LogP contribution is 2.28. The molecule has 1 saturated carbocycles. The molecule has 1 aromatic rings. The first-order valence-electron chi connectivity index (χ1n) is 10.1. The van der Waals surface area contributed by atoms with E-state index < -0.39 is 0 Å². The Balaban J connectivity index is 1.35. The Morgan fingerprint density at radius 2 is 1.85 bits per heavy atom. The van der Waals surface area contributed by atoms with Crippen LogP contribution in [0.2, 0.25) is 0 Å². The summed E-state index contributed by atoms with van der Waals surface area (Å²) in [5, 5.41) is 3.06. The molecular formula is C21H27N3O3. The normalized spacial score (nSPS) is 23.3. The molecule has 6 nitrogen and oxygen atoms in total. The van der Waals surface area contributed by atoms with Gasteiger partial charge in [-0.2, -0.15) is 0 Å². The lowest BCUT2D eigenvalue weighted by atomic mass is 10.1. The summed E-state index contributed by atoms with van der Waals surface area (Å²) in [6.07, 6.45) is 6.56. The number of rotatable bonds is 4. The van der Waals surface area contributed by atoms with E-state index in [9.17, 15) is 14.4 Å². The first kappa shape index (κ1) is 18.0. The maximum absolute atomic E-state index is 12.7. The number of likely N-dealkylation sites (tertiary alicyclic amines) is 1. The Morgan fingerprint density at radius 1 is 1.04 bits per heavy atom. The predicted molar refractivity (Wildman–Crippen MR) is 102 cm³/mol. The van der Waals surface area contributed by atoms with Gasteiger partial charge in [0.1, 0.15) is 0 Å². The minimum absolute atomic E-state index is 0.0000668. The van der Waals surface area contributed by atoms with Crippen LogP contribution in [-0.4, -0.2) is 48.3 Å². The van der Waals surface area contributed by atoms with Crippen molar-refractivity contribution in [2.45, 2.75) is 51.0 Å². The molecule has 1 N–H and O–H groups in total. The van der Waals surface area contributed by atoms with Crippen LogP contribution >= 0.6 is 0 Å². The fourth-order valence-electron chi connectivity index (χ4n) is 4.51. The number of amides is 3. The molecule has 2 saturated heterocycles. The molecular weight excluding hydrogens is 342 g/mol. The second-order valence-electron chi connectivity index (χ2n) is 7.92. The largest absolute Gasteiger partial charge is 0.347 e. The summed E-state index contributed by atoms with van der Waals surface area (Å²) in [7, 11) is 0. The van der Waals surface area contributed by atoms with Crippen LogP contribution in [0.25, 0.3) is 0 Å². The summed E-state index contributed by atoms with van der Waals surface area (Å²) in [6, 6.07) is 7.25. The van der Waals surface area contributed by atoms with Crippen LogP contribution in [0.1, 0.15) is 55.3 Å². The molecule has 0 aromatic heterocycles. The monoisotopic (exact) mass is 369 g/mol. The molecule has 0 spiro atoms. The molecule has 27 heavy (non-hydrogen) atoms. The second kappa shape index (κ2) is 7.71. The highest BCUT2D eigenvalue weighted by Gasteiger charge is 2.33. The Kier molecular flexibility index (Phi) is 5.14. The van der Waals surface area contributed by atoms with Crippen molar-refractivity contribution in [1.29, 1.82) is 0 Å². The Labute approximate surface area is 159 Å². The van der Waals surface area contributed by atoms with Crippen molar-refractivity contribution in [2.24, 2.45) is 5.92 Å². The molecule has 1 aromatic carbocycles. The molecule has 0 unspecified atom stereocenters. The summed E-state index contributed by atoms with van der Waals surface area (Å²) in [5.41, 5.74) is 1.35. The lowest BCUT2D eigenvalue weighted by Gasteiger charge is -2.21. The lowest BCUT2D eigenvalue weighted by Crippen LogP contribution is -2.39. The lowest BCUT2D eigenvalue weighted by molar-refractivity contribution is -0.134. The van der Waals surface area contributed by atoms with Crippen molar-refractivity contribution in [1.82, 2.24) is 10.2 Å². The number of benzene rings is 1. The number of carbonyl (C=O) groups is 3. The minimum Gasteiger partial charge on any atom is -0.347 e. The fraction of sp³-hybridized carbons (Fsp3) is 0.571. The van der Waals surface area contributed by atoms with E-state index in [-0.39, 0.29) is 29.7 Å². The van der Waals surface area contributed by atoms with Crippen LogP contribution in [0.4, 0.5) is 5.69 Å². The molecule has 144 valence electrons. The molecule has 2 heterocycles. The molecule has 1 aliphatic carbocycles. The first-order valence-corrected chi connectivity index (χ1v) is 10.1. The van der Waals surface area contributed by atoms with Gasteiger partial charge in [-0.1, -0.05) is 18.9 Å². The first-order chi connectivity index (χ1) is 13.1. The zero-order valence-electron chi connectivity index (χ0n) is 15.7. The van der Waals surface area contributed by atoms with Crippen molar-refractivity contribution >= 4 is 23.4 Å². The summed E-state index contributed by atoms with van der Waals surface area (Å²) in [6.45, 7) is 2.04. The van der Waals surface area contributed by atoms with E-state index in [1.54, 1.807) is 17.0 Å². The van der Waals surface area contributed by atoms with Gasteiger partial charge >= 0.3 is 0 Å². The van der Waals surface area contributed by atoms with Crippen LogP contribution in [0.5, 0.6) is 0 Å². The maximum Gasteiger partial charge on any atom is 0.251 e. The number of hydrogen-bond donors (Lipinski definition) is 1. The zero-order chi connectivity index (χ0) is 18.8. The van der Waals surface area contributed by atoms with E-state index in [2.05, 4.69) is 5.32 Å². The Morgan fingerprint density at radius 3 is 2.59 bits per heavy atom. The highest BCUT2D eigenvalue weighted by atomic mass is 16.2. The SMILES string of the molecule is O=C(N[C@H]1CCN(C(=O)C2CCCC2)C1)c1cccc(N2CCCC2=O)c1. The van der Waals surface area contributed by atoms with Gasteiger partial charge in [-0.05, 0) is 43.9 Å². The number of carbonyl (C=O) groups excluding carboxylic acids is 3. The highest BCUT2D eigenvalue weighted by molar-refractivity contribution is 5.99. The second-order valence-corrected chi connectivity index (χ2v) is 7.92. The van der Waals surface area contributed by atoms with Gasteiger partial charge in [0.2, 0.25) is 11.8 Å². The maximum atomic E-state index is 12.7. The third-order valence-corrected chi connectivity index (χ3v) is 6.03. The Hall–Kier alpha value is -2.37. The van der Waals surface area contributed by atoms with Crippen molar-refractivity contribution in [3.63, 3.8) is 0 Å². The molecule has 4 rings (SSSR count). The van der Waals surface area contributed by atoms with Gasteiger partial charge in [0.25, 0.3) is 5.91 Å². The predicted octanol–water partition coefficient (Wildman–Crippen LogP) is 2.33. The number of hydrogen-bond acceptors (Lipinski definition) is 3. The van der Waals surface area contributed by atoms with Crippen LogP contribution < -0.4 is 10.2 Å². The van der Waals surface area contributed by atoms with Crippen molar-refractivity contribution < 1.29 is 14.4 Å². The Bertz CT molecular complexity index is 742. The molecule has 3 amide bonds. The third kappa shape index (κ3) is 3.84. The molecule has 3 fully saturated rings. The van der Waals surface area contributed by atoms with Crippen LogP contribution in [0, 0.1) is 5.92 Å². The number of nitrogens with zero attached hydrogens (tertiary/aromatic N) is 2. The van der Waals surface area contributed by atoms with Crippen LogP contribution in [0.3, 0.4) is 0 Å². The summed E-state index contributed by atoms with van der Waals surface area (Å²) < 4.78 is 0. The fourth-order valence-corrected chi connectivity index (χ4v) is 4.51. The molecule has 0 bridgehead atoms. The quantitative estimate of drug-likeness (QED) is 0.886. The molecule has 6 heteroatoms. The van der Waals surface area contributed by atoms with Crippen molar-refractivity contribution in [3.8, 4) is 0 Å². The standard InChI is InChI=1S/C21H27N3O3/c25-19-9-4-11-24(19)18-8-3-7-16(13-18)20(26)22-17-10-12-23(14-17)21(27)15-5-1-2-6-15/h3,7-8,13,15,17H,1-2,4-6,9-12,14H2,(H,22,26)/t17-/m0/s1. The molecule has 3 aliphatic rings. The van der Waals surface area contributed by atoms with Gasteiger partial charge in [0.15, 0.2) is 0 Å². The molecule has 2 aliphatic heterocycles. The van der Waals surface area contributed by atoms with Gasteiger partial charge in [-0.25, -0.2) is 0 Å². The topological polar surface area (TPSA) is 69.7 Å². The third-order valence-electron chi connectivity index (χ3n) is 6.03. The van der Waals surface area contributed by atoms with E-state index in [1.165, 1.54) is 0 Å². The van der Waals surface area contributed by atoms with E-state index >= 15 is 0 Å². The van der Waals surface area contributed by atoms with Gasteiger partial charge < -0.3 is 15.1 Å². The minimum atomic E-state index is -0.135. The van der Waals surface area contributed by atoms with Gasteiger partial charge in [0, 0.05) is 49.3 Å². The van der Waals surface area contributed by atoms with Crippen LogP contribution in [0.15, 0.2) is 24.3 Å². The average molecular weight is 369 g/mol. The van der Waals surface area contributed by atoms with E-state index in [0.29, 0.717) is 25.1 Å². The molecule has 1 atom stereocenters. The van der Waals surface area contributed by atoms with Crippen molar-refractivity contribution in [3.05, 3.63) is 29.8 Å². The van der Waals surface area contributed by atoms with E-state index in [0.717, 1.165) is 50.8 Å². The van der Waals surface area contributed by atoms with Gasteiger partial charge in [0.05, 0.1) is 0 Å². The van der Waals surface area contributed by atoms with Crippen LogP contribution in [-0.2, 0) is 9.59 Å². The summed E-state index contributed by atoms with van der Waals surface area (Å²) in [5.74, 6) is 0.431. The molecule has 0 radical (unpaired) electrons.